The minimum absolute atomic E-state index is 0.0238. The predicted octanol–water partition coefficient (Wildman–Crippen LogP) is 2.51. The van der Waals surface area contributed by atoms with E-state index in [9.17, 15) is 9.59 Å². The standard InChI is InChI=1S/C16H19N3O2S2/c1-3-17-14(20)8-18-15(21)9-19-13(10-23-16(19)22)12-6-4-11(2)5-7-12/h4-7,10H,3,8-9H2,1-2H3,(H,17,20)(H,18,21). The SMILES string of the molecule is CCNC(=O)CNC(=O)Cn1c(-c2ccc(C)cc2)csc1=S. The van der Waals surface area contributed by atoms with E-state index < -0.39 is 0 Å². The lowest BCUT2D eigenvalue weighted by Gasteiger charge is -2.10. The maximum Gasteiger partial charge on any atom is 0.240 e. The van der Waals surface area contributed by atoms with E-state index in [1.165, 1.54) is 16.9 Å². The van der Waals surface area contributed by atoms with Gasteiger partial charge < -0.3 is 15.2 Å². The van der Waals surface area contributed by atoms with Crippen molar-refractivity contribution in [3.8, 4) is 11.3 Å². The Morgan fingerprint density at radius 1 is 1.17 bits per heavy atom. The summed E-state index contributed by atoms with van der Waals surface area (Å²) >= 11 is 6.74. The van der Waals surface area contributed by atoms with E-state index in [0.717, 1.165) is 11.3 Å². The van der Waals surface area contributed by atoms with Gasteiger partial charge in [0.05, 0.1) is 12.2 Å². The van der Waals surface area contributed by atoms with E-state index in [1.807, 2.05) is 43.5 Å². The van der Waals surface area contributed by atoms with Crippen LogP contribution in [0.25, 0.3) is 11.3 Å². The van der Waals surface area contributed by atoms with Gasteiger partial charge in [0.25, 0.3) is 0 Å². The molecule has 2 aromatic rings. The van der Waals surface area contributed by atoms with Gasteiger partial charge in [0.1, 0.15) is 6.54 Å². The van der Waals surface area contributed by atoms with Gasteiger partial charge in [0, 0.05) is 11.9 Å². The van der Waals surface area contributed by atoms with Crippen molar-refractivity contribution in [3.05, 3.63) is 39.2 Å². The third kappa shape index (κ3) is 4.74. The van der Waals surface area contributed by atoms with Crippen LogP contribution in [0.3, 0.4) is 0 Å². The number of nitrogens with zero attached hydrogens (tertiary/aromatic N) is 1. The number of thiazole rings is 1. The number of aryl methyl sites for hydroxylation is 1. The van der Waals surface area contributed by atoms with Gasteiger partial charge in [0.2, 0.25) is 11.8 Å². The van der Waals surface area contributed by atoms with Crippen molar-refractivity contribution in [2.75, 3.05) is 13.1 Å². The van der Waals surface area contributed by atoms with Crippen molar-refractivity contribution in [3.63, 3.8) is 0 Å². The van der Waals surface area contributed by atoms with Gasteiger partial charge in [-0.1, -0.05) is 29.8 Å². The number of likely N-dealkylation sites (N-methyl/N-ethyl adjacent to an activating group) is 1. The molecule has 0 aliphatic rings. The van der Waals surface area contributed by atoms with Gasteiger partial charge in [-0.2, -0.15) is 0 Å². The number of hydrogen-bond acceptors (Lipinski definition) is 4. The molecule has 0 spiro atoms. The highest BCUT2D eigenvalue weighted by Gasteiger charge is 2.11. The first-order valence-corrected chi connectivity index (χ1v) is 8.58. The Balaban J connectivity index is 2.10. The minimum atomic E-state index is -0.237. The van der Waals surface area contributed by atoms with Crippen molar-refractivity contribution in [2.45, 2.75) is 20.4 Å². The third-order valence-corrected chi connectivity index (χ3v) is 4.52. The van der Waals surface area contributed by atoms with Crippen LogP contribution in [0, 0.1) is 10.9 Å². The van der Waals surface area contributed by atoms with Gasteiger partial charge in [-0.25, -0.2) is 0 Å². The molecule has 0 unspecified atom stereocenters. The topological polar surface area (TPSA) is 63.1 Å². The zero-order chi connectivity index (χ0) is 16.8. The number of carbonyl (C=O) groups excluding carboxylic acids is 2. The molecule has 5 nitrogen and oxygen atoms in total. The number of aromatic nitrogens is 1. The molecule has 2 N–H and O–H groups in total. The van der Waals surface area contributed by atoms with Gasteiger partial charge in [-0.15, -0.1) is 11.3 Å². The average Bonchev–Trinajstić information content (AvgIpc) is 2.88. The normalized spacial score (nSPS) is 10.3. The van der Waals surface area contributed by atoms with E-state index in [-0.39, 0.29) is 24.9 Å². The first-order chi connectivity index (χ1) is 11.0. The lowest BCUT2D eigenvalue weighted by molar-refractivity contribution is -0.126. The van der Waals surface area contributed by atoms with Crippen molar-refractivity contribution < 1.29 is 9.59 Å². The summed E-state index contributed by atoms with van der Waals surface area (Å²) in [7, 11) is 0. The Morgan fingerprint density at radius 3 is 2.52 bits per heavy atom. The van der Waals surface area contributed by atoms with E-state index in [4.69, 9.17) is 12.2 Å². The Morgan fingerprint density at radius 2 is 1.87 bits per heavy atom. The van der Waals surface area contributed by atoms with E-state index >= 15 is 0 Å². The highest BCUT2D eigenvalue weighted by molar-refractivity contribution is 7.73. The van der Waals surface area contributed by atoms with E-state index in [2.05, 4.69) is 10.6 Å². The molecule has 1 heterocycles. The molecular weight excluding hydrogens is 330 g/mol. The predicted molar refractivity (Wildman–Crippen MR) is 95.0 cm³/mol. The summed E-state index contributed by atoms with van der Waals surface area (Å²) in [5, 5.41) is 7.19. The zero-order valence-electron chi connectivity index (χ0n) is 13.1. The van der Waals surface area contributed by atoms with Crippen LogP contribution < -0.4 is 10.6 Å². The summed E-state index contributed by atoms with van der Waals surface area (Å²) in [6.07, 6.45) is 0. The van der Waals surface area contributed by atoms with Crippen LogP contribution in [-0.4, -0.2) is 29.5 Å². The van der Waals surface area contributed by atoms with Crippen molar-refractivity contribution in [1.82, 2.24) is 15.2 Å². The first kappa shape index (κ1) is 17.4. The van der Waals surface area contributed by atoms with Gasteiger partial charge in [-0.3, -0.25) is 9.59 Å². The zero-order valence-corrected chi connectivity index (χ0v) is 14.7. The fourth-order valence-corrected chi connectivity index (χ4v) is 3.14. The molecule has 0 atom stereocenters. The van der Waals surface area contributed by atoms with E-state index in [1.54, 1.807) is 4.57 Å². The third-order valence-electron chi connectivity index (χ3n) is 3.25. The van der Waals surface area contributed by atoms with E-state index in [0.29, 0.717) is 10.5 Å². The summed E-state index contributed by atoms with van der Waals surface area (Å²) in [6.45, 7) is 4.48. The van der Waals surface area contributed by atoms with Gasteiger partial charge in [0.15, 0.2) is 3.95 Å². The molecule has 0 saturated carbocycles. The number of benzene rings is 1. The highest BCUT2D eigenvalue weighted by Crippen LogP contribution is 2.24. The number of nitrogens with one attached hydrogen (secondary N) is 2. The van der Waals surface area contributed by atoms with Crippen LogP contribution in [0.5, 0.6) is 0 Å². The van der Waals surface area contributed by atoms with Crippen LogP contribution in [-0.2, 0) is 16.1 Å². The summed E-state index contributed by atoms with van der Waals surface area (Å²) in [4.78, 5) is 23.4. The summed E-state index contributed by atoms with van der Waals surface area (Å²) in [5.41, 5.74) is 3.10. The molecule has 0 bridgehead atoms. The molecule has 0 saturated heterocycles. The number of hydrogen-bond donors (Lipinski definition) is 2. The van der Waals surface area contributed by atoms with Crippen LogP contribution >= 0.6 is 23.6 Å². The fraction of sp³-hybridized carbons (Fsp3) is 0.312. The lowest BCUT2D eigenvalue weighted by Crippen LogP contribution is -2.38. The maximum atomic E-state index is 12.1. The summed E-state index contributed by atoms with van der Waals surface area (Å²) in [6, 6.07) is 8.07. The number of carbonyl (C=O) groups is 2. The summed E-state index contributed by atoms with van der Waals surface area (Å²) < 4.78 is 2.42. The van der Waals surface area contributed by atoms with Crippen molar-refractivity contribution >= 4 is 35.4 Å². The lowest BCUT2D eigenvalue weighted by atomic mass is 10.1. The molecule has 1 aromatic carbocycles. The van der Waals surface area contributed by atoms with Crippen LogP contribution in [0.2, 0.25) is 0 Å². The number of rotatable bonds is 6. The highest BCUT2D eigenvalue weighted by atomic mass is 32.1. The fourth-order valence-electron chi connectivity index (χ4n) is 2.07. The monoisotopic (exact) mass is 349 g/mol. The number of amides is 2. The van der Waals surface area contributed by atoms with Gasteiger partial charge in [-0.05, 0) is 31.6 Å². The first-order valence-electron chi connectivity index (χ1n) is 7.30. The molecule has 0 aliphatic carbocycles. The smallest absolute Gasteiger partial charge is 0.240 e. The van der Waals surface area contributed by atoms with Crippen LogP contribution in [0.15, 0.2) is 29.6 Å². The molecule has 7 heteroatoms. The van der Waals surface area contributed by atoms with Gasteiger partial charge >= 0.3 is 0 Å². The summed E-state index contributed by atoms with van der Waals surface area (Å²) in [5.74, 6) is -0.437. The van der Waals surface area contributed by atoms with Crippen molar-refractivity contribution in [2.24, 2.45) is 0 Å². The maximum absolute atomic E-state index is 12.1. The quantitative estimate of drug-likeness (QED) is 0.788. The molecule has 2 rings (SSSR count). The Labute approximate surface area is 144 Å². The Hall–Kier alpha value is -1.99. The van der Waals surface area contributed by atoms with Crippen LogP contribution in [0.1, 0.15) is 12.5 Å². The second-order valence-electron chi connectivity index (χ2n) is 5.07. The average molecular weight is 349 g/mol. The minimum Gasteiger partial charge on any atom is -0.355 e. The largest absolute Gasteiger partial charge is 0.355 e. The molecule has 1 aromatic heterocycles. The second kappa shape index (κ2) is 8.03. The van der Waals surface area contributed by atoms with Crippen LogP contribution in [0.4, 0.5) is 0 Å². The second-order valence-corrected chi connectivity index (χ2v) is 6.57. The molecule has 0 radical (unpaired) electrons. The molecule has 0 aliphatic heterocycles. The molecule has 122 valence electrons. The Bertz CT molecular complexity index is 747. The molecule has 23 heavy (non-hydrogen) atoms. The van der Waals surface area contributed by atoms with Crippen molar-refractivity contribution in [1.29, 1.82) is 0 Å². The Kier molecular flexibility index (Phi) is 6.06. The molecule has 0 fully saturated rings. The molecule has 2 amide bonds. The molecular formula is C16H19N3O2S2.